The molecule has 98 valence electrons. The number of hydrogen-bond donors (Lipinski definition) is 3. The van der Waals surface area contributed by atoms with E-state index in [1.807, 2.05) is 12.4 Å². The molecule has 3 rings (SSSR count). The van der Waals surface area contributed by atoms with E-state index in [-0.39, 0.29) is 6.04 Å². The largest absolute Gasteiger partial charge is 0.361 e. The van der Waals surface area contributed by atoms with Gasteiger partial charge in [-0.25, -0.2) is 4.98 Å². The van der Waals surface area contributed by atoms with E-state index in [1.165, 1.54) is 16.5 Å². The number of fused-ring (bicyclic) bond motifs is 1. The van der Waals surface area contributed by atoms with Crippen LogP contribution >= 0.6 is 0 Å². The zero-order valence-corrected chi connectivity index (χ0v) is 11.0. The van der Waals surface area contributed by atoms with Crippen molar-refractivity contribution < 1.29 is 0 Å². The molecule has 2 heterocycles. The first-order valence-electron chi connectivity index (χ1n) is 6.66. The van der Waals surface area contributed by atoms with Gasteiger partial charge in [-0.05, 0) is 23.4 Å². The van der Waals surface area contributed by atoms with Gasteiger partial charge in [-0.2, -0.15) is 0 Å². The summed E-state index contributed by atoms with van der Waals surface area (Å²) in [6.45, 7) is 2.99. The van der Waals surface area contributed by atoms with Gasteiger partial charge in [0.05, 0.1) is 6.04 Å². The number of para-hydroxylation sites is 1. The van der Waals surface area contributed by atoms with Gasteiger partial charge in [0.25, 0.3) is 0 Å². The second-order valence-corrected chi connectivity index (χ2v) is 4.68. The van der Waals surface area contributed by atoms with E-state index >= 15 is 0 Å². The van der Waals surface area contributed by atoms with Gasteiger partial charge < -0.3 is 15.3 Å². The topological polar surface area (TPSA) is 56.5 Å². The van der Waals surface area contributed by atoms with Crippen molar-refractivity contribution in [3.8, 4) is 0 Å². The Morgan fingerprint density at radius 2 is 2.16 bits per heavy atom. The summed E-state index contributed by atoms with van der Waals surface area (Å²) in [6, 6.07) is 8.74. The first kappa shape index (κ1) is 12.0. The predicted octanol–water partition coefficient (Wildman–Crippen LogP) is 3.13. The first-order chi connectivity index (χ1) is 9.38. The molecule has 1 unspecified atom stereocenters. The minimum atomic E-state index is 0.264. The molecule has 4 nitrogen and oxygen atoms in total. The molecule has 0 fully saturated rings. The number of H-pyrrole nitrogens is 2. The highest BCUT2D eigenvalue weighted by molar-refractivity contribution is 5.82. The lowest BCUT2D eigenvalue weighted by atomic mass is 10.1. The quantitative estimate of drug-likeness (QED) is 0.655. The van der Waals surface area contributed by atoms with Crippen LogP contribution in [0.1, 0.15) is 30.8 Å². The fourth-order valence-electron chi connectivity index (χ4n) is 2.43. The van der Waals surface area contributed by atoms with E-state index in [2.05, 4.69) is 51.5 Å². The molecule has 3 N–H and O–H groups in total. The number of nitrogens with one attached hydrogen (secondary N) is 3. The molecule has 0 radical (unpaired) electrons. The lowest BCUT2D eigenvalue weighted by Gasteiger charge is -2.15. The second-order valence-electron chi connectivity index (χ2n) is 4.68. The van der Waals surface area contributed by atoms with Crippen molar-refractivity contribution in [3.05, 3.63) is 54.2 Å². The number of hydrogen-bond acceptors (Lipinski definition) is 2. The van der Waals surface area contributed by atoms with E-state index in [0.29, 0.717) is 0 Å². The van der Waals surface area contributed by atoms with Crippen LogP contribution < -0.4 is 5.32 Å². The third-order valence-corrected chi connectivity index (χ3v) is 3.47. The Hall–Kier alpha value is -2.07. The first-order valence-corrected chi connectivity index (χ1v) is 6.66. The standard InChI is InChI=1S/C15H18N4/c1-2-13(15-17-8-9-18-15)19-10-12-5-3-4-11-6-7-16-14(11)12/h3-9,13,16,19H,2,10H2,1H3,(H,17,18). The van der Waals surface area contributed by atoms with E-state index < -0.39 is 0 Å². The zero-order valence-electron chi connectivity index (χ0n) is 11.0. The Morgan fingerprint density at radius 3 is 2.95 bits per heavy atom. The Kier molecular flexibility index (Phi) is 3.33. The summed E-state index contributed by atoms with van der Waals surface area (Å²) < 4.78 is 0. The maximum absolute atomic E-state index is 4.33. The highest BCUT2D eigenvalue weighted by Crippen LogP contribution is 2.18. The molecule has 0 saturated carbocycles. The molecule has 19 heavy (non-hydrogen) atoms. The predicted molar refractivity (Wildman–Crippen MR) is 76.8 cm³/mol. The van der Waals surface area contributed by atoms with Gasteiger partial charge >= 0.3 is 0 Å². The van der Waals surface area contributed by atoms with Crippen molar-refractivity contribution in [2.24, 2.45) is 0 Å². The highest BCUT2D eigenvalue weighted by Gasteiger charge is 2.11. The van der Waals surface area contributed by atoms with Crippen molar-refractivity contribution in [2.45, 2.75) is 25.9 Å². The number of rotatable bonds is 5. The van der Waals surface area contributed by atoms with E-state index in [0.717, 1.165) is 18.8 Å². The lowest BCUT2D eigenvalue weighted by Crippen LogP contribution is -2.21. The average Bonchev–Trinajstić information content (AvgIpc) is 3.10. The van der Waals surface area contributed by atoms with Crippen molar-refractivity contribution >= 4 is 10.9 Å². The van der Waals surface area contributed by atoms with Crippen molar-refractivity contribution in [2.75, 3.05) is 0 Å². The normalized spacial score (nSPS) is 12.9. The van der Waals surface area contributed by atoms with Crippen LogP contribution in [0.15, 0.2) is 42.9 Å². The molecule has 0 aliphatic carbocycles. The van der Waals surface area contributed by atoms with Crippen LogP contribution in [-0.2, 0) is 6.54 Å². The molecule has 0 amide bonds. The third-order valence-electron chi connectivity index (χ3n) is 3.47. The van der Waals surface area contributed by atoms with Crippen LogP contribution in [0.5, 0.6) is 0 Å². The Balaban J connectivity index is 1.76. The summed E-state index contributed by atoms with van der Waals surface area (Å²) in [5.74, 6) is 1.00. The Morgan fingerprint density at radius 1 is 1.21 bits per heavy atom. The zero-order chi connectivity index (χ0) is 13.1. The van der Waals surface area contributed by atoms with Crippen LogP contribution in [0, 0.1) is 0 Å². The van der Waals surface area contributed by atoms with Gasteiger partial charge in [-0.1, -0.05) is 25.1 Å². The number of aromatic amines is 2. The summed E-state index contributed by atoms with van der Waals surface area (Å²) >= 11 is 0. The smallest absolute Gasteiger partial charge is 0.123 e. The van der Waals surface area contributed by atoms with Gasteiger partial charge in [-0.3, -0.25) is 0 Å². The molecule has 3 aromatic rings. The average molecular weight is 254 g/mol. The Bertz CT molecular complexity index is 639. The van der Waals surface area contributed by atoms with Crippen LogP contribution in [-0.4, -0.2) is 15.0 Å². The molecular formula is C15H18N4. The summed E-state index contributed by atoms with van der Waals surface area (Å²) in [6.07, 6.45) is 6.66. The SMILES string of the molecule is CCC(NCc1cccc2cc[nH]c12)c1ncc[nH]1. The number of aromatic nitrogens is 3. The number of nitrogens with zero attached hydrogens (tertiary/aromatic N) is 1. The van der Waals surface area contributed by atoms with Crippen LogP contribution in [0.3, 0.4) is 0 Å². The van der Waals surface area contributed by atoms with E-state index in [1.54, 1.807) is 6.20 Å². The summed E-state index contributed by atoms with van der Waals surface area (Å²) in [5.41, 5.74) is 2.50. The molecule has 0 aliphatic rings. The molecule has 4 heteroatoms. The minimum absolute atomic E-state index is 0.264. The summed E-state index contributed by atoms with van der Waals surface area (Å²) in [5, 5.41) is 4.81. The third kappa shape index (κ3) is 2.39. The summed E-state index contributed by atoms with van der Waals surface area (Å²) in [4.78, 5) is 10.8. The minimum Gasteiger partial charge on any atom is -0.361 e. The maximum atomic E-state index is 4.33. The molecule has 0 bridgehead atoms. The van der Waals surface area contributed by atoms with Gasteiger partial charge in [0.2, 0.25) is 0 Å². The second kappa shape index (κ2) is 5.28. The van der Waals surface area contributed by atoms with Gasteiger partial charge in [0.15, 0.2) is 0 Å². The lowest BCUT2D eigenvalue weighted by molar-refractivity contribution is 0.499. The van der Waals surface area contributed by atoms with Gasteiger partial charge in [0, 0.05) is 30.7 Å². The molecule has 1 atom stereocenters. The molecule has 1 aromatic carbocycles. The molecule has 0 saturated heterocycles. The molecular weight excluding hydrogens is 236 g/mol. The van der Waals surface area contributed by atoms with Gasteiger partial charge in [-0.15, -0.1) is 0 Å². The van der Waals surface area contributed by atoms with Crippen molar-refractivity contribution in [1.29, 1.82) is 0 Å². The van der Waals surface area contributed by atoms with Gasteiger partial charge in [0.1, 0.15) is 5.82 Å². The Labute approximate surface area is 112 Å². The summed E-state index contributed by atoms with van der Waals surface area (Å²) in [7, 11) is 0. The number of imidazole rings is 1. The highest BCUT2D eigenvalue weighted by atomic mass is 15.0. The van der Waals surface area contributed by atoms with Crippen molar-refractivity contribution in [3.63, 3.8) is 0 Å². The number of benzene rings is 1. The van der Waals surface area contributed by atoms with Crippen LogP contribution in [0.4, 0.5) is 0 Å². The van der Waals surface area contributed by atoms with Crippen LogP contribution in [0.2, 0.25) is 0 Å². The fourth-order valence-corrected chi connectivity index (χ4v) is 2.43. The van der Waals surface area contributed by atoms with E-state index in [9.17, 15) is 0 Å². The molecule has 0 aliphatic heterocycles. The molecule has 2 aromatic heterocycles. The molecule has 0 spiro atoms. The van der Waals surface area contributed by atoms with Crippen LogP contribution in [0.25, 0.3) is 10.9 Å². The van der Waals surface area contributed by atoms with Crippen molar-refractivity contribution in [1.82, 2.24) is 20.3 Å². The van der Waals surface area contributed by atoms with E-state index in [4.69, 9.17) is 0 Å². The maximum Gasteiger partial charge on any atom is 0.123 e. The fraction of sp³-hybridized carbons (Fsp3) is 0.267. The monoisotopic (exact) mass is 254 g/mol.